The highest BCUT2D eigenvalue weighted by atomic mass is 16.2. The van der Waals surface area contributed by atoms with Gasteiger partial charge < -0.3 is 15.6 Å². The van der Waals surface area contributed by atoms with E-state index < -0.39 is 0 Å². The van der Waals surface area contributed by atoms with Crippen molar-refractivity contribution in [1.29, 1.82) is 0 Å². The Morgan fingerprint density at radius 1 is 1.18 bits per heavy atom. The molecule has 1 aromatic heterocycles. The molecule has 4 heteroatoms. The second kappa shape index (κ2) is 6.13. The number of aromatic nitrogens is 1. The van der Waals surface area contributed by atoms with Crippen LogP contribution in [0, 0.1) is 20.8 Å². The van der Waals surface area contributed by atoms with Gasteiger partial charge in [-0.25, -0.2) is 0 Å². The van der Waals surface area contributed by atoms with Crippen molar-refractivity contribution in [3.63, 3.8) is 0 Å². The lowest BCUT2D eigenvalue weighted by molar-refractivity contribution is 0.0930. The largest absolute Gasteiger partial charge is 0.350 e. The number of hydrogen-bond donors (Lipinski definition) is 3. The number of aryl methyl sites for hydroxylation is 3. The number of hydrogen-bond acceptors (Lipinski definition) is 2. The molecule has 0 spiro atoms. The van der Waals surface area contributed by atoms with Gasteiger partial charge in [-0.3, -0.25) is 4.79 Å². The van der Waals surface area contributed by atoms with Gasteiger partial charge in [0.05, 0.1) is 0 Å². The first-order valence-corrected chi connectivity index (χ1v) is 8.18. The molecule has 1 saturated heterocycles. The first-order valence-electron chi connectivity index (χ1n) is 8.18. The lowest BCUT2D eigenvalue weighted by Gasteiger charge is -2.16. The predicted molar refractivity (Wildman–Crippen MR) is 90.5 cm³/mol. The summed E-state index contributed by atoms with van der Waals surface area (Å²) < 4.78 is 0. The third-order valence-electron chi connectivity index (χ3n) is 4.73. The molecule has 3 N–H and O–H groups in total. The fourth-order valence-electron chi connectivity index (χ4n) is 3.43. The number of carbonyl (C=O) groups excluding carboxylic acids is 1. The Morgan fingerprint density at radius 2 is 1.95 bits per heavy atom. The fourth-order valence-corrected chi connectivity index (χ4v) is 3.43. The lowest BCUT2D eigenvalue weighted by atomic mass is 10.0. The van der Waals surface area contributed by atoms with Gasteiger partial charge in [-0.15, -0.1) is 0 Å². The van der Waals surface area contributed by atoms with Crippen LogP contribution in [0.5, 0.6) is 0 Å². The average Bonchev–Trinajstić information content (AvgIpc) is 2.68. The predicted octanol–water partition coefficient (Wildman–Crippen LogP) is 2.97. The molecule has 3 rings (SSSR count). The number of nitrogens with one attached hydrogen (secondary N) is 3. The Balaban J connectivity index is 1.89. The van der Waals surface area contributed by atoms with E-state index in [0.717, 1.165) is 30.6 Å². The second-order valence-corrected chi connectivity index (χ2v) is 6.44. The van der Waals surface area contributed by atoms with Gasteiger partial charge in [-0.05, 0) is 56.8 Å². The topological polar surface area (TPSA) is 56.9 Å². The molecule has 2 heterocycles. The van der Waals surface area contributed by atoms with E-state index in [2.05, 4.69) is 41.6 Å². The van der Waals surface area contributed by atoms with Gasteiger partial charge in [0.2, 0.25) is 0 Å². The minimum absolute atomic E-state index is 0.0150. The van der Waals surface area contributed by atoms with Gasteiger partial charge in [0.15, 0.2) is 0 Å². The Bertz CT molecular complexity index is 694. The van der Waals surface area contributed by atoms with Gasteiger partial charge in [0.1, 0.15) is 5.69 Å². The molecule has 2 aromatic rings. The minimum atomic E-state index is 0.0150. The van der Waals surface area contributed by atoms with Gasteiger partial charge in [-0.1, -0.05) is 18.6 Å². The number of benzene rings is 1. The first kappa shape index (κ1) is 15.1. The smallest absolute Gasteiger partial charge is 0.268 e. The van der Waals surface area contributed by atoms with Crippen LogP contribution in [0.3, 0.4) is 0 Å². The molecule has 0 aliphatic carbocycles. The molecule has 1 aliphatic heterocycles. The molecule has 1 atom stereocenters. The van der Waals surface area contributed by atoms with Crippen LogP contribution in [0.1, 0.15) is 46.4 Å². The van der Waals surface area contributed by atoms with Crippen LogP contribution in [-0.4, -0.2) is 30.0 Å². The van der Waals surface area contributed by atoms with E-state index in [-0.39, 0.29) is 11.9 Å². The summed E-state index contributed by atoms with van der Waals surface area (Å²) in [6, 6.07) is 4.45. The molecule has 1 fully saturated rings. The number of carbonyl (C=O) groups is 1. The van der Waals surface area contributed by atoms with Crippen LogP contribution in [0.15, 0.2) is 12.1 Å². The van der Waals surface area contributed by atoms with Crippen molar-refractivity contribution in [3.05, 3.63) is 34.5 Å². The highest BCUT2D eigenvalue weighted by Crippen LogP contribution is 2.27. The standard InChI is InChI=1S/C18H25N3O/c1-11-7-8-12(2)16-15(11)13(3)17(21-16)18(22)20-14-6-4-5-9-19-10-14/h7-8,14,19,21H,4-6,9-10H2,1-3H3,(H,20,22). The van der Waals surface area contributed by atoms with Crippen LogP contribution in [0.4, 0.5) is 0 Å². The van der Waals surface area contributed by atoms with Gasteiger partial charge in [0.25, 0.3) is 5.91 Å². The molecule has 1 unspecified atom stereocenters. The molecule has 0 saturated carbocycles. The summed E-state index contributed by atoms with van der Waals surface area (Å²) in [5.74, 6) is 0.0150. The molecule has 1 aliphatic rings. The summed E-state index contributed by atoms with van der Waals surface area (Å²) >= 11 is 0. The highest BCUT2D eigenvalue weighted by Gasteiger charge is 2.20. The monoisotopic (exact) mass is 299 g/mol. The van der Waals surface area contributed by atoms with Crippen molar-refractivity contribution >= 4 is 16.8 Å². The van der Waals surface area contributed by atoms with E-state index in [1.807, 2.05) is 6.92 Å². The van der Waals surface area contributed by atoms with Gasteiger partial charge in [-0.2, -0.15) is 0 Å². The molecule has 4 nitrogen and oxygen atoms in total. The molecule has 0 bridgehead atoms. The maximum atomic E-state index is 12.7. The maximum absolute atomic E-state index is 12.7. The molecule has 1 amide bonds. The van der Waals surface area contributed by atoms with Gasteiger partial charge >= 0.3 is 0 Å². The molecule has 1 aromatic carbocycles. The van der Waals surface area contributed by atoms with Crippen molar-refractivity contribution in [2.45, 2.75) is 46.1 Å². The number of H-pyrrole nitrogens is 1. The van der Waals surface area contributed by atoms with Crippen LogP contribution in [0.25, 0.3) is 10.9 Å². The first-order chi connectivity index (χ1) is 10.6. The Morgan fingerprint density at radius 3 is 2.73 bits per heavy atom. The molecular weight excluding hydrogens is 274 g/mol. The van der Waals surface area contributed by atoms with Crippen LogP contribution in [-0.2, 0) is 0 Å². The van der Waals surface area contributed by atoms with Crippen molar-refractivity contribution in [2.24, 2.45) is 0 Å². The summed E-state index contributed by atoms with van der Waals surface area (Å²) in [4.78, 5) is 16.0. The summed E-state index contributed by atoms with van der Waals surface area (Å²) in [6.45, 7) is 8.12. The van der Waals surface area contributed by atoms with E-state index in [4.69, 9.17) is 0 Å². The van der Waals surface area contributed by atoms with Crippen LogP contribution in [0.2, 0.25) is 0 Å². The number of fused-ring (bicyclic) bond motifs is 1. The Hall–Kier alpha value is -1.81. The molecule has 0 radical (unpaired) electrons. The summed E-state index contributed by atoms with van der Waals surface area (Å²) in [7, 11) is 0. The Labute approximate surface area is 131 Å². The normalized spacial score (nSPS) is 19.1. The zero-order chi connectivity index (χ0) is 15.7. The van der Waals surface area contributed by atoms with Crippen LogP contribution < -0.4 is 10.6 Å². The van der Waals surface area contributed by atoms with E-state index in [1.54, 1.807) is 0 Å². The quantitative estimate of drug-likeness (QED) is 0.798. The zero-order valence-electron chi connectivity index (χ0n) is 13.7. The third-order valence-corrected chi connectivity index (χ3v) is 4.73. The number of amides is 1. The third kappa shape index (κ3) is 2.75. The molecule has 118 valence electrons. The van der Waals surface area contributed by atoms with Crippen LogP contribution >= 0.6 is 0 Å². The van der Waals surface area contributed by atoms with Crippen molar-refractivity contribution in [3.8, 4) is 0 Å². The van der Waals surface area contributed by atoms with Crippen molar-refractivity contribution in [2.75, 3.05) is 13.1 Å². The Kier molecular flexibility index (Phi) is 4.21. The average molecular weight is 299 g/mol. The lowest BCUT2D eigenvalue weighted by Crippen LogP contribution is -2.41. The van der Waals surface area contributed by atoms with E-state index in [0.29, 0.717) is 5.69 Å². The van der Waals surface area contributed by atoms with E-state index >= 15 is 0 Å². The number of aromatic amines is 1. The minimum Gasteiger partial charge on any atom is -0.350 e. The second-order valence-electron chi connectivity index (χ2n) is 6.44. The highest BCUT2D eigenvalue weighted by molar-refractivity contribution is 6.02. The molecular formula is C18H25N3O. The fraction of sp³-hybridized carbons (Fsp3) is 0.500. The number of rotatable bonds is 2. The van der Waals surface area contributed by atoms with E-state index in [1.165, 1.54) is 29.4 Å². The SMILES string of the molecule is Cc1ccc(C)c2c(C)c(C(=O)NC3CCCCNC3)[nH]c12. The van der Waals surface area contributed by atoms with Crippen molar-refractivity contribution in [1.82, 2.24) is 15.6 Å². The van der Waals surface area contributed by atoms with Gasteiger partial charge in [0, 0.05) is 23.5 Å². The molecule has 22 heavy (non-hydrogen) atoms. The summed E-state index contributed by atoms with van der Waals surface area (Å²) in [6.07, 6.45) is 3.41. The summed E-state index contributed by atoms with van der Waals surface area (Å²) in [5.41, 5.74) is 5.23. The van der Waals surface area contributed by atoms with Crippen molar-refractivity contribution < 1.29 is 4.79 Å². The van der Waals surface area contributed by atoms with E-state index in [9.17, 15) is 4.79 Å². The summed E-state index contributed by atoms with van der Waals surface area (Å²) in [5, 5.41) is 7.76. The maximum Gasteiger partial charge on any atom is 0.268 e. The zero-order valence-corrected chi connectivity index (χ0v) is 13.7.